The van der Waals surface area contributed by atoms with E-state index in [-0.39, 0.29) is 11.8 Å². The van der Waals surface area contributed by atoms with Crippen LogP contribution in [0.15, 0.2) is 30.5 Å². The maximum atomic E-state index is 12.6. The molecule has 0 bridgehead atoms. The first-order chi connectivity index (χ1) is 12.1. The van der Waals surface area contributed by atoms with Crippen LogP contribution in [0.25, 0.3) is 11.0 Å². The number of hydrogen-bond donors (Lipinski definition) is 1. The van der Waals surface area contributed by atoms with Crippen molar-refractivity contribution in [2.45, 2.75) is 39.2 Å². The van der Waals surface area contributed by atoms with Gasteiger partial charge in [0.25, 0.3) is 0 Å². The van der Waals surface area contributed by atoms with Gasteiger partial charge in [0.2, 0.25) is 5.91 Å². The standard InChI is InChI=1S/C19H23N5O/c1-13-5-3-7-16-18(13)21-19(20-16)15-6-4-9-23(11-15)17(25)12-24-10-8-14(2)22-24/h3,5,7-8,10,15H,4,6,9,11-12H2,1-2H3,(H,20,21)/t15-/m0/s1. The number of rotatable bonds is 3. The number of fused-ring (bicyclic) bond motifs is 1. The number of likely N-dealkylation sites (tertiary alicyclic amines) is 1. The van der Waals surface area contributed by atoms with E-state index in [4.69, 9.17) is 4.98 Å². The molecule has 6 heteroatoms. The quantitative estimate of drug-likeness (QED) is 0.799. The number of amides is 1. The molecule has 1 aliphatic rings. The number of piperidine rings is 1. The maximum Gasteiger partial charge on any atom is 0.244 e. The molecule has 25 heavy (non-hydrogen) atoms. The highest BCUT2D eigenvalue weighted by Crippen LogP contribution is 2.27. The Morgan fingerprint density at radius 2 is 2.20 bits per heavy atom. The van der Waals surface area contributed by atoms with Gasteiger partial charge in [-0.05, 0) is 44.4 Å². The van der Waals surface area contributed by atoms with Crippen molar-refractivity contribution in [1.29, 1.82) is 0 Å². The van der Waals surface area contributed by atoms with Crippen molar-refractivity contribution in [2.75, 3.05) is 13.1 Å². The molecule has 0 unspecified atom stereocenters. The molecule has 1 amide bonds. The van der Waals surface area contributed by atoms with E-state index >= 15 is 0 Å². The average Bonchev–Trinajstić information content (AvgIpc) is 3.22. The Balaban J connectivity index is 1.49. The normalized spacial score (nSPS) is 18.0. The topological polar surface area (TPSA) is 66.8 Å². The van der Waals surface area contributed by atoms with Crippen LogP contribution in [0.1, 0.15) is 35.8 Å². The number of para-hydroxylation sites is 1. The van der Waals surface area contributed by atoms with Crippen molar-refractivity contribution in [2.24, 2.45) is 0 Å². The second kappa shape index (κ2) is 6.35. The van der Waals surface area contributed by atoms with Gasteiger partial charge in [0.15, 0.2) is 0 Å². The number of aromatic nitrogens is 4. The van der Waals surface area contributed by atoms with Crippen LogP contribution >= 0.6 is 0 Å². The van der Waals surface area contributed by atoms with Crippen molar-refractivity contribution in [3.8, 4) is 0 Å². The SMILES string of the molecule is Cc1ccn(CC(=O)N2CCC[C@H](c3nc4c(C)cccc4[nH]3)C2)n1. The molecular formula is C19H23N5O. The number of carbonyl (C=O) groups is 1. The van der Waals surface area contributed by atoms with Crippen LogP contribution in [0.4, 0.5) is 0 Å². The first-order valence-corrected chi connectivity index (χ1v) is 8.83. The van der Waals surface area contributed by atoms with E-state index in [1.165, 1.54) is 5.56 Å². The minimum absolute atomic E-state index is 0.125. The van der Waals surface area contributed by atoms with Gasteiger partial charge in [-0.1, -0.05) is 12.1 Å². The van der Waals surface area contributed by atoms with Crippen LogP contribution in [-0.4, -0.2) is 43.6 Å². The maximum absolute atomic E-state index is 12.6. The molecule has 3 heterocycles. The Kier molecular flexibility index (Phi) is 4.03. The Bertz CT molecular complexity index is 910. The molecule has 6 nitrogen and oxygen atoms in total. The molecule has 0 aliphatic carbocycles. The van der Waals surface area contributed by atoms with Gasteiger partial charge in [-0.25, -0.2) is 4.98 Å². The Labute approximate surface area is 146 Å². The number of nitrogens with zero attached hydrogens (tertiary/aromatic N) is 4. The second-order valence-electron chi connectivity index (χ2n) is 6.93. The number of benzene rings is 1. The molecule has 2 aromatic heterocycles. The lowest BCUT2D eigenvalue weighted by Gasteiger charge is -2.31. The van der Waals surface area contributed by atoms with Gasteiger partial charge in [0.1, 0.15) is 12.4 Å². The van der Waals surface area contributed by atoms with E-state index in [9.17, 15) is 4.79 Å². The van der Waals surface area contributed by atoms with Gasteiger partial charge in [0.05, 0.1) is 16.7 Å². The van der Waals surface area contributed by atoms with Crippen LogP contribution in [-0.2, 0) is 11.3 Å². The summed E-state index contributed by atoms with van der Waals surface area (Å²) in [5.74, 6) is 1.39. The van der Waals surface area contributed by atoms with Gasteiger partial charge in [-0.3, -0.25) is 9.48 Å². The molecule has 0 spiro atoms. The predicted octanol–water partition coefficient (Wildman–Crippen LogP) is 2.78. The third-order valence-corrected chi connectivity index (χ3v) is 4.96. The lowest BCUT2D eigenvalue weighted by atomic mass is 9.97. The van der Waals surface area contributed by atoms with Crippen LogP contribution in [0, 0.1) is 13.8 Å². The summed E-state index contributed by atoms with van der Waals surface area (Å²) in [6.45, 7) is 5.85. The lowest BCUT2D eigenvalue weighted by Crippen LogP contribution is -2.41. The molecule has 0 saturated carbocycles. The van der Waals surface area contributed by atoms with Gasteiger partial charge < -0.3 is 9.88 Å². The van der Waals surface area contributed by atoms with E-state index in [2.05, 4.69) is 29.1 Å². The molecule has 1 saturated heterocycles. The Morgan fingerprint density at radius 1 is 1.32 bits per heavy atom. The molecule has 1 atom stereocenters. The number of imidazole rings is 1. The zero-order valence-electron chi connectivity index (χ0n) is 14.7. The zero-order chi connectivity index (χ0) is 17.4. The third kappa shape index (κ3) is 3.16. The van der Waals surface area contributed by atoms with Crippen molar-refractivity contribution >= 4 is 16.9 Å². The van der Waals surface area contributed by atoms with Crippen molar-refractivity contribution in [1.82, 2.24) is 24.6 Å². The van der Waals surface area contributed by atoms with Crippen LogP contribution in [0.3, 0.4) is 0 Å². The van der Waals surface area contributed by atoms with Gasteiger partial charge in [0, 0.05) is 25.2 Å². The number of aryl methyl sites for hydroxylation is 2. The van der Waals surface area contributed by atoms with E-state index in [0.717, 1.165) is 48.5 Å². The number of H-pyrrole nitrogens is 1. The van der Waals surface area contributed by atoms with Gasteiger partial charge >= 0.3 is 0 Å². The third-order valence-electron chi connectivity index (χ3n) is 4.96. The summed E-state index contributed by atoms with van der Waals surface area (Å²) in [5.41, 5.74) is 4.22. The fourth-order valence-corrected chi connectivity index (χ4v) is 3.60. The first kappa shape index (κ1) is 15.9. The summed E-state index contributed by atoms with van der Waals surface area (Å²) < 4.78 is 1.71. The van der Waals surface area contributed by atoms with E-state index < -0.39 is 0 Å². The largest absolute Gasteiger partial charge is 0.342 e. The molecule has 1 fully saturated rings. The summed E-state index contributed by atoms with van der Waals surface area (Å²) in [6.07, 6.45) is 3.92. The molecule has 3 aromatic rings. The highest BCUT2D eigenvalue weighted by Gasteiger charge is 2.27. The molecule has 1 N–H and O–H groups in total. The monoisotopic (exact) mass is 337 g/mol. The Hall–Kier alpha value is -2.63. The van der Waals surface area contributed by atoms with Crippen molar-refractivity contribution < 1.29 is 4.79 Å². The van der Waals surface area contributed by atoms with Crippen LogP contribution < -0.4 is 0 Å². The predicted molar refractivity (Wildman–Crippen MR) is 96.3 cm³/mol. The molecule has 130 valence electrons. The zero-order valence-corrected chi connectivity index (χ0v) is 14.7. The molecular weight excluding hydrogens is 314 g/mol. The van der Waals surface area contributed by atoms with Crippen LogP contribution in [0.2, 0.25) is 0 Å². The fraction of sp³-hybridized carbons (Fsp3) is 0.421. The fourth-order valence-electron chi connectivity index (χ4n) is 3.60. The van der Waals surface area contributed by atoms with Gasteiger partial charge in [-0.15, -0.1) is 0 Å². The average molecular weight is 337 g/mol. The molecule has 1 aliphatic heterocycles. The molecule has 0 radical (unpaired) electrons. The Morgan fingerprint density at radius 3 is 2.96 bits per heavy atom. The molecule has 4 rings (SSSR count). The second-order valence-corrected chi connectivity index (χ2v) is 6.93. The lowest BCUT2D eigenvalue weighted by molar-refractivity contribution is -0.133. The number of aromatic amines is 1. The first-order valence-electron chi connectivity index (χ1n) is 8.83. The van der Waals surface area contributed by atoms with E-state index in [0.29, 0.717) is 6.54 Å². The summed E-state index contributed by atoms with van der Waals surface area (Å²) in [5, 5.41) is 4.31. The highest BCUT2D eigenvalue weighted by atomic mass is 16.2. The van der Waals surface area contributed by atoms with E-state index in [1.807, 2.05) is 30.2 Å². The summed E-state index contributed by atoms with van der Waals surface area (Å²) in [7, 11) is 0. The summed E-state index contributed by atoms with van der Waals surface area (Å²) >= 11 is 0. The van der Waals surface area contributed by atoms with Crippen LogP contribution in [0.5, 0.6) is 0 Å². The number of nitrogens with one attached hydrogen (secondary N) is 1. The molecule has 1 aromatic carbocycles. The summed E-state index contributed by atoms with van der Waals surface area (Å²) in [4.78, 5) is 22.8. The minimum atomic E-state index is 0.125. The number of hydrogen-bond acceptors (Lipinski definition) is 3. The van der Waals surface area contributed by atoms with E-state index in [1.54, 1.807) is 4.68 Å². The number of carbonyl (C=O) groups excluding carboxylic acids is 1. The van der Waals surface area contributed by atoms with Crippen molar-refractivity contribution in [3.05, 3.63) is 47.5 Å². The van der Waals surface area contributed by atoms with Gasteiger partial charge in [-0.2, -0.15) is 5.10 Å². The highest BCUT2D eigenvalue weighted by molar-refractivity contribution is 5.79. The smallest absolute Gasteiger partial charge is 0.244 e. The minimum Gasteiger partial charge on any atom is -0.342 e. The summed E-state index contributed by atoms with van der Waals surface area (Å²) in [6, 6.07) is 8.10. The van der Waals surface area contributed by atoms with Crippen molar-refractivity contribution in [3.63, 3.8) is 0 Å².